The summed E-state index contributed by atoms with van der Waals surface area (Å²) in [5.41, 5.74) is 0. The summed E-state index contributed by atoms with van der Waals surface area (Å²) in [7, 11) is 0. The van der Waals surface area contributed by atoms with Gasteiger partial charge in [0.15, 0.2) is 0 Å². The summed E-state index contributed by atoms with van der Waals surface area (Å²) < 4.78 is 0. The van der Waals surface area contributed by atoms with Crippen LogP contribution in [0.15, 0.2) is 12.2 Å². The lowest BCUT2D eigenvalue weighted by atomic mass is 9.64. The van der Waals surface area contributed by atoms with Gasteiger partial charge in [-0.1, -0.05) is 39.8 Å². The molecule has 1 rings (SSSR count). The quantitative estimate of drug-likeness (QED) is 0.534. The van der Waals surface area contributed by atoms with Crippen molar-refractivity contribution in [1.29, 1.82) is 0 Å². The molecule has 1 aliphatic carbocycles. The molecule has 1 fully saturated rings. The van der Waals surface area contributed by atoms with E-state index in [9.17, 15) is 0 Å². The predicted molar refractivity (Wildman–Crippen MR) is 72.4 cm³/mol. The lowest BCUT2D eigenvalue weighted by molar-refractivity contribution is 0.107. The van der Waals surface area contributed by atoms with Crippen molar-refractivity contribution in [2.24, 2.45) is 29.6 Å². The van der Waals surface area contributed by atoms with E-state index in [-0.39, 0.29) is 0 Å². The van der Waals surface area contributed by atoms with Gasteiger partial charge in [0.05, 0.1) is 0 Å². The van der Waals surface area contributed by atoms with E-state index in [1.165, 1.54) is 6.42 Å². The molecule has 0 aromatic carbocycles. The summed E-state index contributed by atoms with van der Waals surface area (Å²) in [6, 6.07) is 0. The second kappa shape index (κ2) is 5.98. The van der Waals surface area contributed by atoms with Crippen molar-refractivity contribution in [2.75, 3.05) is 5.75 Å². The summed E-state index contributed by atoms with van der Waals surface area (Å²) in [5, 5.41) is 0. The highest BCUT2D eigenvalue weighted by atomic mass is 32.1. The Morgan fingerprint density at radius 1 is 1.20 bits per heavy atom. The molecular weight excluding hydrogens is 200 g/mol. The largest absolute Gasteiger partial charge is 0.179 e. The lowest BCUT2D eigenvalue weighted by Crippen LogP contribution is -2.37. The van der Waals surface area contributed by atoms with Crippen LogP contribution in [0, 0.1) is 29.6 Å². The molecule has 0 nitrogen and oxygen atoms in total. The van der Waals surface area contributed by atoms with Gasteiger partial charge in [-0.15, -0.1) is 0 Å². The van der Waals surface area contributed by atoms with Crippen LogP contribution in [0.4, 0.5) is 0 Å². The van der Waals surface area contributed by atoms with Gasteiger partial charge in [-0.2, -0.15) is 12.6 Å². The van der Waals surface area contributed by atoms with E-state index in [2.05, 4.69) is 52.5 Å². The molecule has 0 aliphatic heterocycles. The van der Waals surface area contributed by atoms with Gasteiger partial charge in [0.1, 0.15) is 0 Å². The molecule has 15 heavy (non-hydrogen) atoms. The standard InChI is InChI=1S/C14H26S/c1-5-6-7-13-12(4)10(2)8-11(3)14(13)9-15/h6-7,10-15H,5,8-9H2,1-4H3/b7-6-. The minimum Gasteiger partial charge on any atom is -0.179 e. The second-order valence-electron chi connectivity index (χ2n) is 5.31. The number of allylic oxidation sites excluding steroid dienone is 2. The van der Waals surface area contributed by atoms with E-state index in [0.717, 1.165) is 41.8 Å². The summed E-state index contributed by atoms with van der Waals surface area (Å²) in [5.74, 6) is 5.09. The third-order valence-corrected chi connectivity index (χ3v) is 4.70. The molecule has 0 aromatic rings. The normalized spacial score (nSPS) is 42.3. The maximum atomic E-state index is 4.54. The van der Waals surface area contributed by atoms with E-state index in [1.807, 2.05) is 0 Å². The van der Waals surface area contributed by atoms with Crippen molar-refractivity contribution < 1.29 is 0 Å². The molecule has 5 atom stereocenters. The van der Waals surface area contributed by atoms with Crippen LogP contribution in [0.5, 0.6) is 0 Å². The van der Waals surface area contributed by atoms with Gasteiger partial charge < -0.3 is 0 Å². The molecule has 0 bridgehead atoms. The van der Waals surface area contributed by atoms with Crippen LogP contribution in [0.25, 0.3) is 0 Å². The summed E-state index contributed by atoms with van der Waals surface area (Å²) in [6.07, 6.45) is 7.33. The first-order valence-corrected chi connectivity index (χ1v) is 7.02. The molecule has 0 N–H and O–H groups in total. The Balaban J connectivity index is 2.78. The van der Waals surface area contributed by atoms with Crippen LogP contribution < -0.4 is 0 Å². The summed E-state index contributed by atoms with van der Waals surface area (Å²) in [6.45, 7) is 9.43. The lowest BCUT2D eigenvalue weighted by Gasteiger charge is -2.42. The molecule has 0 saturated heterocycles. The number of thiol groups is 1. The fourth-order valence-corrected chi connectivity index (χ4v) is 3.64. The van der Waals surface area contributed by atoms with Gasteiger partial charge in [-0.3, -0.25) is 0 Å². The predicted octanol–water partition coefficient (Wildman–Crippen LogP) is 4.43. The minimum absolute atomic E-state index is 0.751. The Kier molecular flexibility index (Phi) is 5.25. The Hall–Kier alpha value is 0.0900. The van der Waals surface area contributed by atoms with Crippen LogP contribution in [-0.2, 0) is 0 Å². The zero-order valence-corrected chi connectivity index (χ0v) is 11.5. The molecule has 0 aromatic heterocycles. The molecule has 1 aliphatic rings. The van der Waals surface area contributed by atoms with Gasteiger partial charge in [-0.25, -0.2) is 0 Å². The zero-order valence-electron chi connectivity index (χ0n) is 10.6. The zero-order chi connectivity index (χ0) is 11.4. The Morgan fingerprint density at radius 3 is 2.40 bits per heavy atom. The van der Waals surface area contributed by atoms with Crippen molar-refractivity contribution in [3.63, 3.8) is 0 Å². The molecule has 0 heterocycles. The van der Waals surface area contributed by atoms with Crippen molar-refractivity contribution in [2.45, 2.75) is 40.5 Å². The van der Waals surface area contributed by atoms with Crippen LogP contribution in [0.3, 0.4) is 0 Å². The van der Waals surface area contributed by atoms with E-state index in [4.69, 9.17) is 0 Å². The topological polar surface area (TPSA) is 0 Å². The fourth-order valence-electron chi connectivity index (χ4n) is 3.04. The van der Waals surface area contributed by atoms with Crippen LogP contribution in [0.1, 0.15) is 40.5 Å². The van der Waals surface area contributed by atoms with Gasteiger partial charge in [-0.05, 0) is 48.2 Å². The monoisotopic (exact) mass is 226 g/mol. The molecular formula is C14H26S. The molecule has 0 spiro atoms. The first-order valence-electron chi connectivity index (χ1n) is 6.39. The highest BCUT2D eigenvalue weighted by Crippen LogP contribution is 2.43. The van der Waals surface area contributed by atoms with Gasteiger partial charge in [0, 0.05) is 0 Å². The Bertz CT molecular complexity index is 209. The fraction of sp³-hybridized carbons (Fsp3) is 0.857. The summed E-state index contributed by atoms with van der Waals surface area (Å²) >= 11 is 4.54. The smallest absolute Gasteiger partial charge is 0.00612 e. The van der Waals surface area contributed by atoms with Crippen LogP contribution in [0.2, 0.25) is 0 Å². The highest BCUT2D eigenvalue weighted by molar-refractivity contribution is 7.80. The molecule has 1 saturated carbocycles. The first-order chi connectivity index (χ1) is 7.11. The summed E-state index contributed by atoms with van der Waals surface area (Å²) in [4.78, 5) is 0. The number of hydrogen-bond acceptors (Lipinski definition) is 1. The SMILES string of the molecule is CC/C=C\C1C(C)C(C)CC(C)C1CS. The second-order valence-corrected chi connectivity index (χ2v) is 5.67. The maximum absolute atomic E-state index is 4.54. The van der Waals surface area contributed by atoms with Crippen molar-refractivity contribution >= 4 is 12.6 Å². The van der Waals surface area contributed by atoms with Crippen molar-refractivity contribution in [1.82, 2.24) is 0 Å². The van der Waals surface area contributed by atoms with E-state index in [1.54, 1.807) is 0 Å². The average molecular weight is 226 g/mol. The van der Waals surface area contributed by atoms with Crippen LogP contribution in [-0.4, -0.2) is 5.75 Å². The molecule has 0 amide bonds. The Morgan fingerprint density at radius 2 is 1.87 bits per heavy atom. The van der Waals surface area contributed by atoms with E-state index < -0.39 is 0 Å². The average Bonchev–Trinajstić information content (AvgIpc) is 2.21. The molecule has 1 heteroatoms. The highest BCUT2D eigenvalue weighted by Gasteiger charge is 2.36. The van der Waals surface area contributed by atoms with E-state index >= 15 is 0 Å². The van der Waals surface area contributed by atoms with Crippen molar-refractivity contribution in [3.05, 3.63) is 12.2 Å². The molecule has 5 unspecified atom stereocenters. The molecule has 0 radical (unpaired) electrons. The number of hydrogen-bond donors (Lipinski definition) is 1. The Labute approximate surface area is 101 Å². The van der Waals surface area contributed by atoms with E-state index in [0.29, 0.717) is 0 Å². The molecule has 88 valence electrons. The van der Waals surface area contributed by atoms with Crippen molar-refractivity contribution in [3.8, 4) is 0 Å². The third-order valence-electron chi connectivity index (χ3n) is 4.28. The minimum atomic E-state index is 0.751. The third kappa shape index (κ3) is 3.03. The van der Waals surface area contributed by atoms with Gasteiger partial charge >= 0.3 is 0 Å². The number of rotatable bonds is 3. The van der Waals surface area contributed by atoms with Gasteiger partial charge in [0.2, 0.25) is 0 Å². The van der Waals surface area contributed by atoms with Gasteiger partial charge in [0.25, 0.3) is 0 Å². The first kappa shape index (κ1) is 13.2. The maximum Gasteiger partial charge on any atom is -0.00612 e. The van der Waals surface area contributed by atoms with Crippen LogP contribution >= 0.6 is 12.6 Å².